The SMILES string of the molecule is O=C(CCN1CCCC1=O)NCc1cnc([C@@H]2CCCCO2)nc1. The number of nitrogens with zero attached hydrogens (tertiary/aromatic N) is 3. The van der Waals surface area contributed by atoms with Crippen molar-refractivity contribution in [2.24, 2.45) is 0 Å². The van der Waals surface area contributed by atoms with Crippen LogP contribution in [0.2, 0.25) is 0 Å². The number of carbonyl (C=O) groups is 2. The fraction of sp³-hybridized carbons (Fsp3) is 0.647. The summed E-state index contributed by atoms with van der Waals surface area (Å²) in [5, 5.41) is 2.85. The minimum Gasteiger partial charge on any atom is -0.370 e. The highest BCUT2D eigenvalue weighted by Gasteiger charge is 2.20. The van der Waals surface area contributed by atoms with Gasteiger partial charge in [0.25, 0.3) is 0 Å². The van der Waals surface area contributed by atoms with Crippen molar-refractivity contribution in [2.45, 2.75) is 51.2 Å². The van der Waals surface area contributed by atoms with E-state index in [1.165, 1.54) is 0 Å². The topological polar surface area (TPSA) is 84.4 Å². The second-order valence-corrected chi connectivity index (χ2v) is 6.32. The van der Waals surface area contributed by atoms with Crippen LogP contribution in [0.1, 0.15) is 56.0 Å². The molecule has 0 bridgehead atoms. The lowest BCUT2D eigenvalue weighted by Gasteiger charge is -2.21. The lowest BCUT2D eigenvalue weighted by Crippen LogP contribution is -2.31. The van der Waals surface area contributed by atoms with Crippen molar-refractivity contribution < 1.29 is 14.3 Å². The van der Waals surface area contributed by atoms with Gasteiger partial charge in [0.15, 0.2) is 5.82 Å². The molecule has 2 aliphatic rings. The number of ether oxygens (including phenoxy) is 1. The number of hydrogen-bond donors (Lipinski definition) is 1. The number of amides is 2. The van der Waals surface area contributed by atoms with E-state index >= 15 is 0 Å². The van der Waals surface area contributed by atoms with Crippen LogP contribution >= 0.6 is 0 Å². The van der Waals surface area contributed by atoms with E-state index in [4.69, 9.17) is 4.74 Å². The minimum absolute atomic E-state index is 0.000360. The van der Waals surface area contributed by atoms with E-state index in [1.807, 2.05) is 0 Å². The summed E-state index contributed by atoms with van der Waals surface area (Å²) in [7, 11) is 0. The van der Waals surface area contributed by atoms with E-state index in [2.05, 4.69) is 15.3 Å². The maximum Gasteiger partial charge on any atom is 0.222 e. The first-order valence-electron chi connectivity index (χ1n) is 8.69. The van der Waals surface area contributed by atoms with E-state index < -0.39 is 0 Å². The summed E-state index contributed by atoms with van der Waals surface area (Å²) in [6.45, 7) is 2.44. The Morgan fingerprint density at radius 2 is 2.12 bits per heavy atom. The van der Waals surface area contributed by atoms with E-state index in [9.17, 15) is 9.59 Å². The van der Waals surface area contributed by atoms with Crippen LogP contribution < -0.4 is 5.32 Å². The molecular formula is C17H24N4O3. The third-order valence-corrected chi connectivity index (χ3v) is 4.46. The Hall–Kier alpha value is -2.02. The summed E-state index contributed by atoms with van der Waals surface area (Å²) in [5.74, 6) is 0.809. The molecule has 1 aromatic heterocycles. The molecule has 2 saturated heterocycles. The third kappa shape index (κ3) is 4.50. The van der Waals surface area contributed by atoms with Crippen molar-refractivity contribution in [3.8, 4) is 0 Å². The number of hydrogen-bond acceptors (Lipinski definition) is 5. The van der Waals surface area contributed by atoms with Crippen molar-refractivity contribution in [2.75, 3.05) is 19.7 Å². The molecule has 2 amide bonds. The van der Waals surface area contributed by atoms with E-state index in [0.717, 1.165) is 50.2 Å². The first-order valence-corrected chi connectivity index (χ1v) is 8.69. The molecule has 1 atom stereocenters. The predicted octanol–water partition coefficient (Wildman–Crippen LogP) is 1.35. The molecule has 2 fully saturated rings. The highest BCUT2D eigenvalue weighted by atomic mass is 16.5. The zero-order valence-electron chi connectivity index (χ0n) is 13.9. The molecule has 0 aromatic carbocycles. The van der Waals surface area contributed by atoms with Crippen molar-refractivity contribution in [1.82, 2.24) is 20.2 Å². The van der Waals surface area contributed by atoms with Gasteiger partial charge in [-0.15, -0.1) is 0 Å². The van der Waals surface area contributed by atoms with Crippen LogP contribution in [0, 0.1) is 0 Å². The number of rotatable bonds is 6. The first kappa shape index (κ1) is 16.8. The maximum atomic E-state index is 11.9. The van der Waals surface area contributed by atoms with Crippen LogP contribution in [0.15, 0.2) is 12.4 Å². The summed E-state index contributed by atoms with van der Waals surface area (Å²) in [6.07, 6.45) is 8.53. The van der Waals surface area contributed by atoms with Crippen LogP contribution in [-0.4, -0.2) is 46.4 Å². The van der Waals surface area contributed by atoms with Gasteiger partial charge in [-0.2, -0.15) is 0 Å². The predicted molar refractivity (Wildman–Crippen MR) is 86.9 cm³/mol. The second-order valence-electron chi connectivity index (χ2n) is 6.32. The summed E-state index contributed by atoms with van der Waals surface area (Å²) in [5.41, 5.74) is 0.861. The smallest absolute Gasteiger partial charge is 0.222 e. The van der Waals surface area contributed by atoms with Gasteiger partial charge >= 0.3 is 0 Å². The molecule has 0 radical (unpaired) electrons. The van der Waals surface area contributed by atoms with Crippen molar-refractivity contribution in [1.29, 1.82) is 0 Å². The summed E-state index contributed by atoms with van der Waals surface area (Å²) in [6, 6.07) is 0. The van der Waals surface area contributed by atoms with Gasteiger partial charge in [-0.05, 0) is 25.7 Å². The second kappa shape index (κ2) is 8.19. The standard InChI is InChI=1S/C17H24N4O3/c22-15(6-8-21-7-3-5-16(21)23)18-10-13-11-19-17(20-12-13)14-4-1-2-9-24-14/h11-12,14H,1-10H2,(H,18,22)/t14-/m0/s1. The van der Waals surface area contributed by atoms with Gasteiger partial charge in [0.1, 0.15) is 6.10 Å². The molecular weight excluding hydrogens is 308 g/mol. The molecule has 2 aliphatic heterocycles. The molecule has 130 valence electrons. The average molecular weight is 332 g/mol. The molecule has 0 unspecified atom stereocenters. The van der Waals surface area contributed by atoms with Crippen LogP contribution in [0.5, 0.6) is 0 Å². The van der Waals surface area contributed by atoms with Crippen molar-refractivity contribution in [3.63, 3.8) is 0 Å². The third-order valence-electron chi connectivity index (χ3n) is 4.46. The minimum atomic E-state index is -0.0607. The molecule has 0 spiro atoms. The molecule has 3 heterocycles. The molecule has 24 heavy (non-hydrogen) atoms. The Kier molecular flexibility index (Phi) is 5.74. The van der Waals surface area contributed by atoms with Crippen LogP contribution in [0.4, 0.5) is 0 Å². The van der Waals surface area contributed by atoms with Gasteiger partial charge in [-0.25, -0.2) is 9.97 Å². The van der Waals surface area contributed by atoms with Crippen LogP contribution in [0.25, 0.3) is 0 Å². The zero-order chi connectivity index (χ0) is 16.8. The maximum absolute atomic E-state index is 11.9. The highest BCUT2D eigenvalue weighted by molar-refractivity contribution is 5.80. The Balaban J connectivity index is 1.41. The number of carbonyl (C=O) groups excluding carboxylic acids is 2. The Morgan fingerprint density at radius 1 is 1.29 bits per heavy atom. The van der Waals surface area contributed by atoms with Gasteiger partial charge < -0.3 is 15.0 Å². The summed E-state index contributed by atoms with van der Waals surface area (Å²) >= 11 is 0. The van der Waals surface area contributed by atoms with E-state index in [1.54, 1.807) is 17.3 Å². The fourth-order valence-corrected chi connectivity index (χ4v) is 3.03. The lowest BCUT2D eigenvalue weighted by molar-refractivity contribution is -0.128. The van der Waals surface area contributed by atoms with Gasteiger partial charge in [0.05, 0.1) is 0 Å². The van der Waals surface area contributed by atoms with Gasteiger partial charge in [0, 0.05) is 57.0 Å². The Bertz CT molecular complexity index is 570. The van der Waals surface area contributed by atoms with Gasteiger partial charge in [-0.1, -0.05) is 0 Å². The van der Waals surface area contributed by atoms with Gasteiger partial charge in [-0.3, -0.25) is 9.59 Å². The number of nitrogens with one attached hydrogen (secondary N) is 1. The molecule has 0 saturated carbocycles. The monoisotopic (exact) mass is 332 g/mol. The summed E-state index contributed by atoms with van der Waals surface area (Å²) < 4.78 is 5.66. The molecule has 1 aromatic rings. The van der Waals surface area contributed by atoms with Crippen LogP contribution in [0.3, 0.4) is 0 Å². The fourth-order valence-electron chi connectivity index (χ4n) is 3.03. The molecule has 3 rings (SSSR count). The van der Waals surface area contributed by atoms with E-state index in [0.29, 0.717) is 25.9 Å². The van der Waals surface area contributed by atoms with E-state index in [-0.39, 0.29) is 17.9 Å². The largest absolute Gasteiger partial charge is 0.370 e. The zero-order valence-corrected chi connectivity index (χ0v) is 13.9. The highest BCUT2D eigenvalue weighted by Crippen LogP contribution is 2.24. The molecule has 0 aliphatic carbocycles. The first-order chi connectivity index (χ1) is 11.7. The number of aromatic nitrogens is 2. The molecule has 1 N–H and O–H groups in total. The summed E-state index contributed by atoms with van der Waals surface area (Å²) in [4.78, 5) is 33.8. The van der Waals surface area contributed by atoms with Gasteiger partial charge in [0.2, 0.25) is 11.8 Å². The average Bonchev–Trinajstić information content (AvgIpc) is 3.04. The number of likely N-dealkylation sites (tertiary alicyclic amines) is 1. The molecule has 7 heteroatoms. The Labute approximate surface area is 141 Å². The Morgan fingerprint density at radius 3 is 2.79 bits per heavy atom. The normalized spacial score (nSPS) is 21.1. The molecule has 7 nitrogen and oxygen atoms in total. The van der Waals surface area contributed by atoms with Crippen LogP contribution in [-0.2, 0) is 20.9 Å². The van der Waals surface area contributed by atoms with Crippen molar-refractivity contribution >= 4 is 11.8 Å². The lowest BCUT2D eigenvalue weighted by atomic mass is 10.1. The quantitative estimate of drug-likeness (QED) is 0.850. The van der Waals surface area contributed by atoms with Crippen molar-refractivity contribution in [3.05, 3.63) is 23.8 Å².